The highest BCUT2D eigenvalue weighted by Gasteiger charge is 2.39. The number of carbonyl (C=O) groups is 3. The van der Waals surface area contributed by atoms with Crippen molar-refractivity contribution in [2.45, 2.75) is 25.3 Å². The number of hydrogen-bond donors (Lipinski definition) is 1. The van der Waals surface area contributed by atoms with Crippen molar-refractivity contribution in [2.75, 3.05) is 19.6 Å². The lowest BCUT2D eigenvalue weighted by atomic mass is 10.2. The molecule has 2 aliphatic heterocycles. The van der Waals surface area contributed by atoms with Gasteiger partial charge in [-0.3, -0.25) is 9.59 Å². The summed E-state index contributed by atoms with van der Waals surface area (Å²) in [5.41, 5.74) is 0. The number of aliphatic carboxylic acids is 1. The van der Waals surface area contributed by atoms with E-state index in [2.05, 4.69) is 0 Å². The smallest absolute Gasteiger partial charge is 0.331 e. The predicted molar refractivity (Wildman–Crippen MR) is 66.2 cm³/mol. The van der Waals surface area contributed by atoms with Crippen molar-refractivity contribution in [3.8, 4) is 0 Å². The molecule has 1 N–H and O–H groups in total. The fourth-order valence-corrected chi connectivity index (χ4v) is 2.65. The Kier molecular flexibility index (Phi) is 3.60. The number of amides is 2. The minimum Gasteiger partial charge on any atom is -0.479 e. The van der Waals surface area contributed by atoms with Crippen LogP contribution in [0.25, 0.3) is 0 Å². The van der Waals surface area contributed by atoms with Crippen LogP contribution in [0.5, 0.6) is 0 Å². The van der Waals surface area contributed by atoms with Gasteiger partial charge in [-0.2, -0.15) is 0 Å². The molecule has 2 fully saturated rings. The summed E-state index contributed by atoms with van der Waals surface area (Å²) >= 11 is 4.96. The molecule has 0 aromatic heterocycles. The van der Waals surface area contributed by atoms with Crippen LogP contribution >= 0.6 is 12.2 Å². The molecule has 2 amide bonds. The summed E-state index contributed by atoms with van der Waals surface area (Å²) in [6.45, 7) is 0.864. The molecule has 0 unspecified atom stereocenters. The summed E-state index contributed by atoms with van der Waals surface area (Å²) in [4.78, 5) is 37.6. The van der Waals surface area contributed by atoms with Crippen molar-refractivity contribution in [2.24, 2.45) is 0 Å². The van der Waals surface area contributed by atoms with Crippen molar-refractivity contribution < 1.29 is 19.5 Å². The van der Waals surface area contributed by atoms with Crippen molar-refractivity contribution in [3.05, 3.63) is 0 Å². The van der Waals surface area contributed by atoms with Crippen LogP contribution in [0.1, 0.15) is 19.3 Å². The van der Waals surface area contributed by atoms with Crippen LogP contribution in [0.3, 0.4) is 0 Å². The Balaban J connectivity index is 2.02. The molecule has 18 heavy (non-hydrogen) atoms. The van der Waals surface area contributed by atoms with E-state index in [-0.39, 0.29) is 18.4 Å². The average Bonchev–Trinajstić information content (AvgIpc) is 2.86. The van der Waals surface area contributed by atoms with E-state index in [9.17, 15) is 14.4 Å². The maximum absolute atomic E-state index is 12.0. The molecule has 2 aliphatic rings. The first-order valence-electron chi connectivity index (χ1n) is 5.83. The molecule has 2 heterocycles. The van der Waals surface area contributed by atoms with E-state index in [1.165, 1.54) is 9.80 Å². The average molecular weight is 270 g/mol. The van der Waals surface area contributed by atoms with Gasteiger partial charge in [0, 0.05) is 24.4 Å². The van der Waals surface area contributed by atoms with Gasteiger partial charge in [-0.15, -0.1) is 0 Å². The highest BCUT2D eigenvalue weighted by molar-refractivity contribution is 7.80. The SMILES string of the molecule is O=C(O)[C@@H]1C(=S)CCN1C(=O)CN1CCCC1=O. The summed E-state index contributed by atoms with van der Waals surface area (Å²) < 4.78 is 0. The Labute approximate surface area is 110 Å². The first kappa shape index (κ1) is 12.9. The van der Waals surface area contributed by atoms with E-state index >= 15 is 0 Å². The second kappa shape index (κ2) is 5.01. The molecule has 2 rings (SSSR count). The topological polar surface area (TPSA) is 77.9 Å². The highest BCUT2D eigenvalue weighted by atomic mass is 32.1. The zero-order valence-electron chi connectivity index (χ0n) is 9.79. The van der Waals surface area contributed by atoms with E-state index in [1.54, 1.807) is 0 Å². The second-order valence-corrected chi connectivity index (χ2v) is 4.99. The summed E-state index contributed by atoms with van der Waals surface area (Å²) in [7, 11) is 0. The van der Waals surface area contributed by atoms with Gasteiger partial charge in [0.25, 0.3) is 0 Å². The third kappa shape index (κ3) is 2.35. The van der Waals surface area contributed by atoms with Crippen LogP contribution in [-0.2, 0) is 14.4 Å². The number of likely N-dealkylation sites (tertiary alicyclic amines) is 2. The van der Waals surface area contributed by atoms with Crippen LogP contribution in [0.15, 0.2) is 0 Å². The number of carboxylic acid groups (broad SMARTS) is 1. The molecule has 2 saturated heterocycles. The van der Waals surface area contributed by atoms with Gasteiger partial charge in [-0.05, 0) is 12.8 Å². The predicted octanol–water partition coefficient (Wildman–Crippen LogP) is -0.336. The molecule has 0 radical (unpaired) electrons. The maximum Gasteiger partial charge on any atom is 0.331 e. The number of carbonyl (C=O) groups excluding carboxylic acids is 2. The van der Waals surface area contributed by atoms with Crippen molar-refractivity contribution in [3.63, 3.8) is 0 Å². The summed E-state index contributed by atoms with van der Waals surface area (Å²) in [5.74, 6) is -1.48. The fourth-order valence-electron chi connectivity index (χ4n) is 2.34. The molecule has 98 valence electrons. The molecule has 0 spiro atoms. The Morgan fingerprint density at radius 1 is 1.33 bits per heavy atom. The molecule has 0 saturated carbocycles. The second-order valence-electron chi connectivity index (χ2n) is 4.46. The van der Waals surface area contributed by atoms with E-state index in [4.69, 9.17) is 17.3 Å². The van der Waals surface area contributed by atoms with Gasteiger partial charge in [-0.1, -0.05) is 12.2 Å². The van der Waals surface area contributed by atoms with Crippen molar-refractivity contribution >= 4 is 34.9 Å². The molecule has 7 heteroatoms. The minimum absolute atomic E-state index is 0.0365. The normalized spacial score (nSPS) is 23.9. The summed E-state index contributed by atoms with van der Waals surface area (Å²) in [5, 5.41) is 9.05. The van der Waals surface area contributed by atoms with E-state index < -0.39 is 12.0 Å². The number of nitrogens with zero attached hydrogens (tertiary/aromatic N) is 2. The van der Waals surface area contributed by atoms with Crippen LogP contribution in [0.2, 0.25) is 0 Å². The summed E-state index contributed by atoms with van der Waals surface area (Å²) in [6.07, 6.45) is 1.66. The summed E-state index contributed by atoms with van der Waals surface area (Å²) in [6, 6.07) is -1.01. The number of hydrogen-bond acceptors (Lipinski definition) is 4. The van der Waals surface area contributed by atoms with Gasteiger partial charge < -0.3 is 14.9 Å². The molecular weight excluding hydrogens is 256 g/mol. The molecule has 1 atom stereocenters. The maximum atomic E-state index is 12.0. The molecule has 0 aromatic rings. The third-order valence-electron chi connectivity index (χ3n) is 3.27. The zero-order valence-corrected chi connectivity index (χ0v) is 10.6. The standard InChI is InChI=1S/C11H14N2O4S/c14-8-2-1-4-12(8)6-9(15)13-5-3-7(18)10(13)11(16)17/h10H,1-6H2,(H,16,17)/t10-/m0/s1. The number of rotatable bonds is 3. The van der Waals surface area contributed by atoms with E-state index in [0.29, 0.717) is 30.8 Å². The van der Waals surface area contributed by atoms with Gasteiger partial charge in [-0.25, -0.2) is 4.79 Å². The lowest BCUT2D eigenvalue weighted by Crippen LogP contribution is -2.47. The van der Waals surface area contributed by atoms with Gasteiger partial charge in [0.15, 0.2) is 6.04 Å². The molecule has 0 aromatic carbocycles. The Morgan fingerprint density at radius 3 is 2.61 bits per heavy atom. The van der Waals surface area contributed by atoms with Gasteiger partial charge in [0.1, 0.15) is 0 Å². The Bertz CT molecular complexity index is 423. The van der Waals surface area contributed by atoms with Gasteiger partial charge >= 0.3 is 5.97 Å². The van der Waals surface area contributed by atoms with Crippen LogP contribution in [0, 0.1) is 0 Å². The fraction of sp³-hybridized carbons (Fsp3) is 0.636. The van der Waals surface area contributed by atoms with E-state index in [1.807, 2.05) is 0 Å². The molecule has 6 nitrogen and oxygen atoms in total. The van der Waals surface area contributed by atoms with E-state index in [0.717, 1.165) is 6.42 Å². The first-order chi connectivity index (χ1) is 8.50. The number of thiocarbonyl (C=S) groups is 1. The minimum atomic E-state index is -1.10. The molecule has 0 bridgehead atoms. The Hall–Kier alpha value is -1.50. The monoisotopic (exact) mass is 270 g/mol. The molecular formula is C11H14N2O4S. The number of carboxylic acids is 1. The lowest BCUT2D eigenvalue weighted by molar-refractivity contribution is -0.147. The third-order valence-corrected chi connectivity index (χ3v) is 3.69. The van der Waals surface area contributed by atoms with Crippen LogP contribution in [0.4, 0.5) is 0 Å². The largest absolute Gasteiger partial charge is 0.479 e. The quantitative estimate of drug-likeness (QED) is 0.710. The molecule has 0 aliphatic carbocycles. The van der Waals surface area contributed by atoms with Gasteiger partial charge in [0.2, 0.25) is 11.8 Å². The highest BCUT2D eigenvalue weighted by Crippen LogP contribution is 2.17. The Morgan fingerprint density at radius 2 is 2.06 bits per heavy atom. The van der Waals surface area contributed by atoms with Crippen LogP contribution in [-0.4, -0.2) is 63.2 Å². The van der Waals surface area contributed by atoms with Crippen molar-refractivity contribution in [1.29, 1.82) is 0 Å². The zero-order chi connectivity index (χ0) is 13.3. The first-order valence-corrected chi connectivity index (χ1v) is 6.24. The lowest BCUT2D eigenvalue weighted by Gasteiger charge is -2.24. The van der Waals surface area contributed by atoms with Crippen LogP contribution < -0.4 is 0 Å². The van der Waals surface area contributed by atoms with Gasteiger partial charge in [0.05, 0.1) is 6.54 Å². The van der Waals surface area contributed by atoms with Crippen molar-refractivity contribution in [1.82, 2.24) is 9.80 Å².